The second-order valence-electron chi connectivity index (χ2n) is 14.7. The van der Waals surface area contributed by atoms with Gasteiger partial charge in [0, 0.05) is 28.1 Å². The monoisotopic (exact) mass is 740 g/mol. The van der Waals surface area contributed by atoms with E-state index in [0.717, 1.165) is 89.6 Å². The van der Waals surface area contributed by atoms with E-state index in [1.54, 1.807) is 0 Å². The average molecular weight is 741 g/mol. The molecule has 9 aromatic rings. The summed E-state index contributed by atoms with van der Waals surface area (Å²) in [5.74, 6) is 0.238. The molecule has 4 nitrogen and oxygen atoms in total. The number of hydrogen-bond acceptors (Lipinski definition) is 4. The van der Waals surface area contributed by atoms with Crippen molar-refractivity contribution in [2.75, 3.05) is 9.80 Å². The minimum atomic E-state index is 0.238. The summed E-state index contributed by atoms with van der Waals surface area (Å²) in [6, 6.07) is 66.0. The van der Waals surface area contributed by atoms with Gasteiger partial charge in [-0.2, -0.15) is 10.5 Å². The van der Waals surface area contributed by atoms with Gasteiger partial charge in [-0.1, -0.05) is 140 Å². The largest absolute Gasteiger partial charge is 0.309 e. The van der Waals surface area contributed by atoms with Crippen molar-refractivity contribution in [3.05, 3.63) is 217 Å². The summed E-state index contributed by atoms with van der Waals surface area (Å²) in [5.41, 5.74) is 9.97. The Kier molecular flexibility index (Phi) is 8.71. The fourth-order valence-electron chi connectivity index (χ4n) is 8.66. The normalized spacial score (nSPS) is 13.4. The van der Waals surface area contributed by atoms with Crippen LogP contribution in [0, 0.1) is 22.7 Å². The minimum Gasteiger partial charge on any atom is -0.309 e. The highest BCUT2D eigenvalue weighted by Crippen LogP contribution is 2.48. The van der Waals surface area contributed by atoms with Crippen molar-refractivity contribution in [2.24, 2.45) is 0 Å². The number of nitrogens with zero attached hydrogens (tertiary/aromatic N) is 4. The molecule has 10 rings (SSSR count). The number of benzene rings is 9. The van der Waals surface area contributed by atoms with Gasteiger partial charge in [0.25, 0.3) is 0 Å². The third kappa shape index (κ3) is 5.93. The lowest BCUT2D eigenvalue weighted by Crippen LogP contribution is -2.13. The smallest absolute Gasteiger partial charge is 0.101 e. The SMILES string of the molecule is N#Cc1cc(-c2ccccc2)ccc1N(c1ccccc1)c1ccc2ccc3c(N(c4ccccc4)c4ccc(C5C=CC=CC5)cc4C#N)ccc4ccc1c2c43. The molecule has 4 heteroatoms. The molecule has 58 heavy (non-hydrogen) atoms. The lowest BCUT2D eigenvalue weighted by Gasteiger charge is -2.30. The quantitative estimate of drug-likeness (QED) is 0.146. The predicted molar refractivity (Wildman–Crippen MR) is 240 cm³/mol. The van der Waals surface area contributed by atoms with Crippen molar-refractivity contribution >= 4 is 66.4 Å². The van der Waals surface area contributed by atoms with Crippen molar-refractivity contribution in [3.63, 3.8) is 0 Å². The number of anilines is 6. The Hall–Kier alpha value is -7.92. The third-order valence-electron chi connectivity index (χ3n) is 11.4. The van der Waals surface area contributed by atoms with Gasteiger partial charge < -0.3 is 9.80 Å². The number of allylic oxidation sites excluding steroid dienone is 4. The van der Waals surface area contributed by atoms with Gasteiger partial charge in [-0.05, 0) is 105 Å². The highest BCUT2D eigenvalue weighted by Gasteiger charge is 2.24. The molecular weight excluding hydrogens is 705 g/mol. The van der Waals surface area contributed by atoms with Crippen molar-refractivity contribution in [2.45, 2.75) is 12.3 Å². The zero-order valence-corrected chi connectivity index (χ0v) is 31.6. The molecule has 0 aliphatic heterocycles. The number of rotatable bonds is 8. The number of para-hydroxylation sites is 2. The van der Waals surface area contributed by atoms with E-state index in [9.17, 15) is 10.5 Å². The fraction of sp³-hybridized carbons (Fsp3) is 0.0370. The summed E-state index contributed by atoms with van der Waals surface area (Å²) in [4.78, 5) is 4.45. The van der Waals surface area contributed by atoms with E-state index in [2.05, 4.69) is 162 Å². The lowest BCUT2D eigenvalue weighted by molar-refractivity contribution is 0.853. The van der Waals surface area contributed by atoms with Crippen LogP contribution >= 0.6 is 0 Å². The first-order valence-corrected chi connectivity index (χ1v) is 19.6. The molecule has 1 aliphatic rings. The van der Waals surface area contributed by atoms with Gasteiger partial charge in [-0.25, -0.2) is 0 Å². The first kappa shape index (κ1) is 34.6. The van der Waals surface area contributed by atoms with Crippen LogP contribution in [0.2, 0.25) is 0 Å². The molecule has 1 atom stereocenters. The van der Waals surface area contributed by atoms with Gasteiger partial charge >= 0.3 is 0 Å². The van der Waals surface area contributed by atoms with E-state index >= 15 is 0 Å². The molecular formula is C54H36N4. The molecule has 0 bridgehead atoms. The van der Waals surface area contributed by atoms with E-state index in [1.807, 2.05) is 60.7 Å². The molecule has 0 fully saturated rings. The fourth-order valence-corrected chi connectivity index (χ4v) is 8.66. The van der Waals surface area contributed by atoms with Gasteiger partial charge in [0.15, 0.2) is 0 Å². The maximum atomic E-state index is 10.7. The van der Waals surface area contributed by atoms with Crippen LogP contribution in [0.5, 0.6) is 0 Å². The molecule has 9 aromatic carbocycles. The van der Waals surface area contributed by atoms with Crippen LogP contribution in [-0.2, 0) is 0 Å². The Bertz CT molecular complexity index is 3120. The van der Waals surface area contributed by atoms with Crippen molar-refractivity contribution < 1.29 is 0 Å². The molecule has 0 heterocycles. The van der Waals surface area contributed by atoms with E-state index in [1.165, 1.54) is 0 Å². The number of hydrogen-bond donors (Lipinski definition) is 0. The highest BCUT2D eigenvalue weighted by atomic mass is 15.2. The van der Waals surface area contributed by atoms with E-state index in [0.29, 0.717) is 11.1 Å². The minimum absolute atomic E-state index is 0.238. The first-order valence-electron chi connectivity index (χ1n) is 19.6. The topological polar surface area (TPSA) is 54.1 Å². The summed E-state index contributed by atoms with van der Waals surface area (Å²) in [7, 11) is 0. The maximum absolute atomic E-state index is 10.7. The van der Waals surface area contributed by atoms with Crippen LogP contribution in [-0.4, -0.2) is 0 Å². The van der Waals surface area contributed by atoms with Crippen LogP contribution in [0.25, 0.3) is 43.4 Å². The molecule has 0 amide bonds. The molecule has 0 saturated carbocycles. The number of nitriles is 2. The molecule has 272 valence electrons. The second kappa shape index (κ2) is 14.6. The Morgan fingerprint density at radius 2 is 0.948 bits per heavy atom. The zero-order chi connectivity index (χ0) is 39.0. The Balaban J connectivity index is 1.19. The van der Waals surface area contributed by atoms with Crippen LogP contribution in [0.1, 0.15) is 29.0 Å². The van der Waals surface area contributed by atoms with Crippen LogP contribution in [0.3, 0.4) is 0 Å². The summed E-state index contributed by atoms with van der Waals surface area (Å²) >= 11 is 0. The molecule has 0 radical (unpaired) electrons. The molecule has 1 aliphatic carbocycles. The summed E-state index contributed by atoms with van der Waals surface area (Å²) in [6.07, 6.45) is 9.47. The zero-order valence-electron chi connectivity index (χ0n) is 31.6. The molecule has 0 saturated heterocycles. The van der Waals surface area contributed by atoms with Crippen LogP contribution in [0.4, 0.5) is 34.1 Å². The Morgan fingerprint density at radius 3 is 1.48 bits per heavy atom. The van der Waals surface area contributed by atoms with Gasteiger partial charge in [-0.15, -0.1) is 0 Å². The van der Waals surface area contributed by atoms with Crippen molar-refractivity contribution in [3.8, 4) is 23.3 Å². The van der Waals surface area contributed by atoms with Gasteiger partial charge in [0.1, 0.15) is 12.1 Å². The van der Waals surface area contributed by atoms with Crippen molar-refractivity contribution in [1.82, 2.24) is 0 Å². The first-order chi connectivity index (χ1) is 28.7. The third-order valence-corrected chi connectivity index (χ3v) is 11.4. The molecule has 0 aromatic heterocycles. The summed E-state index contributed by atoms with van der Waals surface area (Å²) in [6.45, 7) is 0. The van der Waals surface area contributed by atoms with Crippen LogP contribution in [0.15, 0.2) is 200 Å². The Labute approximate surface area is 338 Å². The molecule has 1 unspecified atom stereocenters. The van der Waals surface area contributed by atoms with E-state index < -0.39 is 0 Å². The van der Waals surface area contributed by atoms with Gasteiger partial charge in [0.05, 0.1) is 33.9 Å². The standard InChI is InChI=1S/C54H36N4/c55-35-43-33-41(37-13-5-1-6-14-37)25-29-49(43)57(45-17-9-3-10-18-45)51-31-23-39-22-28-48-52(32-24-40-21-27-47(51)53(39)54(40)48)58(46-19-11-4-12-20-46)50-30-26-42(34-44(50)36-56)38-15-7-2-8-16-38/h1-15,17-34,38H,16H2. The van der Waals surface area contributed by atoms with Crippen molar-refractivity contribution in [1.29, 1.82) is 10.5 Å². The molecule has 0 N–H and O–H groups in total. The van der Waals surface area contributed by atoms with Gasteiger partial charge in [-0.3, -0.25) is 0 Å². The average Bonchev–Trinajstić information content (AvgIpc) is 3.30. The van der Waals surface area contributed by atoms with E-state index in [-0.39, 0.29) is 5.92 Å². The predicted octanol–water partition coefficient (Wildman–Crippen LogP) is 14.5. The van der Waals surface area contributed by atoms with Crippen LogP contribution < -0.4 is 9.80 Å². The molecule has 0 spiro atoms. The highest BCUT2D eigenvalue weighted by molar-refractivity contribution is 6.28. The maximum Gasteiger partial charge on any atom is 0.101 e. The summed E-state index contributed by atoms with van der Waals surface area (Å²) in [5, 5.41) is 28.0. The lowest BCUT2D eigenvalue weighted by atomic mass is 9.90. The van der Waals surface area contributed by atoms with Gasteiger partial charge in [0.2, 0.25) is 0 Å². The van der Waals surface area contributed by atoms with E-state index in [4.69, 9.17) is 0 Å². The summed E-state index contributed by atoms with van der Waals surface area (Å²) < 4.78 is 0. The Morgan fingerprint density at radius 1 is 0.448 bits per heavy atom. The second-order valence-corrected chi connectivity index (χ2v) is 14.7.